The summed E-state index contributed by atoms with van der Waals surface area (Å²) in [6.45, 7) is 4.09. The molecular weight excluding hydrogens is 210 g/mol. The molecule has 0 unspecified atom stereocenters. The monoisotopic (exact) mass is 221 g/mol. The van der Waals surface area contributed by atoms with E-state index in [1.165, 1.54) is 5.56 Å². The normalized spacial score (nSPS) is 16.9. The Bertz CT molecular complexity index is 514. The van der Waals surface area contributed by atoms with Gasteiger partial charge in [0.15, 0.2) is 5.15 Å². The third-order valence-electron chi connectivity index (χ3n) is 2.91. The van der Waals surface area contributed by atoms with Gasteiger partial charge in [-0.3, -0.25) is 0 Å². The molecule has 0 saturated carbocycles. The van der Waals surface area contributed by atoms with Gasteiger partial charge >= 0.3 is 0 Å². The highest BCUT2D eigenvalue weighted by atomic mass is 35.5. The Kier molecular flexibility index (Phi) is 1.97. The van der Waals surface area contributed by atoms with Crippen molar-refractivity contribution in [1.82, 2.24) is 14.7 Å². The molecule has 0 amide bonds. The summed E-state index contributed by atoms with van der Waals surface area (Å²) in [5.74, 6) is 1.59. The van der Waals surface area contributed by atoms with E-state index in [0.29, 0.717) is 11.1 Å². The zero-order valence-corrected chi connectivity index (χ0v) is 9.25. The van der Waals surface area contributed by atoms with Gasteiger partial charge in [0.05, 0.1) is 5.52 Å². The third-order valence-corrected chi connectivity index (χ3v) is 3.19. The van der Waals surface area contributed by atoms with Crippen LogP contribution in [0.2, 0.25) is 5.15 Å². The Hall–Kier alpha value is -1.06. The number of imidazole rings is 1. The first kappa shape index (κ1) is 9.19. The van der Waals surface area contributed by atoms with Gasteiger partial charge in [-0.05, 0) is 18.6 Å². The summed E-state index contributed by atoms with van der Waals surface area (Å²) in [7, 11) is 0. The number of rotatable bonds is 1. The van der Waals surface area contributed by atoms with Gasteiger partial charge in [-0.2, -0.15) is 0 Å². The van der Waals surface area contributed by atoms with E-state index in [4.69, 9.17) is 11.6 Å². The van der Waals surface area contributed by atoms with Gasteiger partial charge in [0, 0.05) is 25.2 Å². The maximum absolute atomic E-state index is 6.10. The van der Waals surface area contributed by atoms with Crippen LogP contribution < -0.4 is 5.32 Å². The third kappa shape index (κ3) is 1.34. The molecule has 0 bridgehead atoms. The van der Waals surface area contributed by atoms with Crippen LogP contribution in [0, 0.1) is 6.92 Å². The molecule has 0 radical (unpaired) electrons. The second kappa shape index (κ2) is 3.22. The van der Waals surface area contributed by atoms with E-state index in [2.05, 4.69) is 33.9 Å². The highest BCUT2D eigenvalue weighted by molar-refractivity contribution is 6.32. The van der Waals surface area contributed by atoms with E-state index in [-0.39, 0.29) is 0 Å². The summed E-state index contributed by atoms with van der Waals surface area (Å²) in [4.78, 5) is 4.44. The predicted molar refractivity (Wildman–Crippen MR) is 60.5 cm³/mol. The minimum atomic E-state index is 0.506. The predicted octanol–water partition coefficient (Wildman–Crippen LogP) is 1.98. The van der Waals surface area contributed by atoms with Crippen LogP contribution in [0.1, 0.15) is 17.3 Å². The molecule has 15 heavy (non-hydrogen) atoms. The zero-order chi connectivity index (χ0) is 10.4. The summed E-state index contributed by atoms with van der Waals surface area (Å²) in [5.41, 5.74) is 2.23. The van der Waals surface area contributed by atoms with Crippen molar-refractivity contribution in [3.63, 3.8) is 0 Å². The lowest BCUT2D eigenvalue weighted by Gasteiger charge is -2.25. The maximum atomic E-state index is 6.10. The van der Waals surface area contributed by atoms with Crippen molar-refractivity contribution in [2.24, 2.45) is 0 Å². The first-order valence-corrected chi connectivity index (χ1v) is 5.48. The van der Waals surface area contributed by atoms with Gasteiger partial charge in [0.1, 0.15) is 5.82 Å². The molecule has 3 nitrogen and oxygen atoms in total. The molecule has 1 saturated heterocycles. The summed E-state index contributed by atoms with van der Waals surface area (Å²) >= 11 is 6.10. The van der Waals surface area contributed by atoms with Gasteiger partial charge in [0.2, 0.25) is 0 Å². The second-order valence-electron chi connectivity index (χ2n) is 4.08. The summed E-state index contributed by atoms with van der Waals surface area (Å²) in [5, 5.41) is 3.86. The molecule has 3 rings (SSSR count). The lowest BCUT2D eigenvalue weighted by atomic mass is 10.0. The Morgan fingerprint density at radius 2 is 2.27 bits per heavy atom. The number of hydrogen-bond donors (Lipinski definition) is 1. The van der Waals surface area contributed by atoms with E-state index < -0.39 is 0 Å². The zero-order valence-electron chi connectivity index (χ0n) is 8.50. The number of hydrogen-bond acceptors (Lipinski definition) is 2. The number of fused-ring (bicyclic) bond motifs is 1. The molecule has 1 aliphatic rings. The number of aromatic nitrogens is 2. The van der Waals surface area contributed by atoms with Crippen LogP contribution in [0.15, 0.2) is 18.3 Å². The van der Waals surface area contributed by atoms with Crippen LogP contribution in [0.25, 0.3) is 5.52 Å². The van der Waals surface area contributed by atoms with E-state index in [0.717, 1.165) is 24.4 Å². The number of aryl methyl sites for hydroxylation is 1. The smallest absolute Gasteiger partial charge is 0.155 e. The highest BCUT2D eigenvalue weighted by Gasteiger charge is 2.24. The average molecular weight is 222 g/mol. The van der Waals surface area contributed by atoms with Crippen molar-refractivity contribution in [1.29, 1.82) is 0 Å². The fourth-order valence-electron chi connectivity index (χ4n) is 1.94. The highest BCUT2D eigenvalue weighted by Crippen LogP contribution is 2.25. The van der Waals surface area contributed by atoms with Crippen LogP contribution >= 0.6 is 11.6 Å². The molecule has 0 aromatic carbocycles. The molecule has 1 aliphatic heterocycles. The second-order valence-corrected chi connectivity index (χ2v) is 4.44. The van der Waals surface area contributed by atoms with Crippen LogP contribution in [0.3, 0.4) is 0 Å². The Morgan fingerprint density at radius 3 is 2.93 bits per heavy atom. The first-order chi connectivity index (χ1) is 7.25. The van der Waals surface area contributed by atoms with Crippen LogP contribution in [-0.2, 0) is 0 Å². The summed E-state index contributed by atoms with van der Waals surface area (Å²) < 4.78 is 2.11. The van der Waals surface area contributed by atoms with E-state index >= 15 is 0 Å². The molecule has 2 aromatic heterocycles. The molecule has 1 fully saturated rings. The number of pyridine rings is 1. The SMILES string of the molecule is Cc1ccc2c(Cl)nc(C3CNC3)n2c1. The Balaban J connectivity index is 2.24. The van der Waals surface area contributed by atoms with Crippen molar-refractivity contribution < 1.29 is 0 Å². The minimum absolute atomic E-state index is 0.506. The van der Waals surface area contributed by atoms with E-state index in [9.17, 15) is 0 Å². The number of nitrogens with one attached hydrogen (secondary N) is 1. The van der Waals surface area contributed by atoms with Crippen LogP contribution in [0.5, 0.6) is 0 Å². The molecule has 78 valence electrons. The molecule has 2 aromatic rings. The molecular formula is C11H12ClN3. The largest absolute Gasteiger partial charge is 0.315 e. The van der Waals surface area contributed by atoms with Gasteiger partial charge in [-0.25, -0.2) is 4.98 Å². The summed E-state index contributed by atoms with van der Waals surface area (Å²) in [6.07, 6.45) is 2.10. The van der Waals surface area contributed by atoms with Gasteiger partial charge in [0.25, 0.3) is 0 Å². The van der Waals surface area contributed by atoms with E-state index in [1.807, 2.05) is 6.07 Å². The molecule has 0 spiro atoms. The fraction of sp³-hybridized carbons (Fsp3) is 0.364. The molecule has 3 heterocycles. The van der Waals surface area contributed by atoms with Crippen molar-refractivity contribution in [2.45, 2.75) is 12.8 Å². The lowest BCUT2D eigenvalue weighted by Crippen LogP contribution is -2.40. The number of halogens is 1. The molecule has 4 heteroatoms. The lowest BCUT2D eigenvalue weighted by molar-refractivity contribution is 0.429. The molecule has 0 atom stereocenters. The van der Waals surface area contributed by atoms with Crippen molar-refractivity contribution >= 4 is 17.1 Å². The quantitative estimate of drug-likeness (QED) is 0.798. The molecule has 1 N–H and O–H groups in total. The first-order valence-electron chi connectivity index (χ1n) is 5.10. The van der Waals surface area contributed by atoms with Gasteiger partial charge < -0.3 is 9.72 Å². The van der Waals surface area contributed by atoms with Crippen LogP contribution in [-0.4, -0.2) is 22.5 Å². The van der Waals surface area contributed by atoms with E-state index in [1.54, 1.807) is 0 Å². The van der Waals surface area contributed by atoms with Gasteiger partial charge in [-0.1, -0.05) is 17.7 Å². The van der Waals surface area contributed by atoms with Crippen LogP contribution in [0.4, 0.5) is 0 Å². The summed E-state index contributed by atoms with van der Waals surface area (Å²) in [6, 6.07) is 4.09. The van der Waals surface area contributed by atoms with Crippen molar-refractivity contribution in [2.75, 3.05) is 13.1 Å². The topological polar surface area (TPSA) is 29.3 Å². The average Bonchev–Trinajstić information content (AvgIpc) is 2.41. The standard InChI is InChI=1S/C11H12ClN3/c1-7-2-3-9-10(12)14-11(15(9)6-7)8-4-13-5-8/h2-3,6,8,13H,4-5H2,1H3. The van der Waals surface area contributed by atoms with Crippen molar-refractivity contribution in [3.05, 3.63) is 34.9 Å². The Labute approximate surface area is 93.1 Å². The maximum Gasteiger partial charge on any atom is 0.155 e. The number of nitrogens with zero attached hydrogens (tertiary/aromatic N) is 2. The minimum Gasteiger partial charge on any atom is -0.315 e. The van der Waals surface area contributed by atoms with Crippen molar-refractivity contribution in [3.8, 4) is 0 Å². The van der Waals surface area contributed by atoms with Gasteiger partial charge in [-0.15, -0.1) is 0 Å². The molecule has 0 aliphatic carbocycles. The Morgan fingerprint density at radius 1 is 1.47 bits per heavy atom. The fourth-order valence-corrected chi connectivity index (χ4v) is 2.18.